The summed E-state index contributed by atoms with van der Waals surface area (Å²) in [6.07, 6.45) is 4.93. The lowest BCUT2D eigenvalue weighted by molar-refractivity contribution is -0.142. The first kappa shape index (κ1) is 16.7. The van der Waals surface area contributed by atoms with E-state index in [0.29, 0.717) is 31.4 Å². The molecule has 3 rings (SSSR count). The van der Waals surface area contributed by atoms with Crippen molar-refractivity contribution in [2.45, 2.75) is 36.6 Å². The maximum Gasteiger partial charge on any atom is 0.306 e. The third kappa shape index (κ3) is 3.65. The molecule has 0 bridgehead atoms. The molecule has 7 nitrogen and oxygen atoms in total. The monoisotopic (exact) mass is 350 g/mol. The Morgan fingerprint density at radius 1 is 1.17 bits per heavy atom. The van der Waals surface area contributed by atoms with Crippen molar-refractivity contribution in [3.05, 3.63) is 36.9 Å². The highest BCUT2D eigenvalue weighted by Gasteiger charge is 2.28. The van der Waals surface area contributed by atoms with Crippen LogP contribution in [-0.4, -0.2) is 30.5 Å². The topological polar surface area (TPSA) is 110 Å². The summed E-state index contributed by atoms with van der Waals surface area (Å²) in [5, 5.41) is 8.99. The summed E-state index contributed by atoms with van der Waals surface area (Å²) in [5.41, 5.74) is 0.744. The minimum atomic E-state index is -3.63. The Morgan fingerprint density at radius 2 is 1.83 bits per heavy atom. The fourth-order valence-corrected chi connectivity index (χ4v) is 4.21. The van der Waals surface area contributed by atoms with Gasteiger partial charge in [-0.2, -0.15) is 0 Å². The Kier molecular flexibility index (Phi) is 4.68. The Morgan fingerprint density at radius 3 is 2.38 bits per heavy atom. The Labute approximate surface area is 139 Å². The lowest BCUT2D eigenvalue weighted by atomic mass is 9.87. The molecule has 1 fully saturated rings. The molecule has 1 heterocycles. The Bertz CT molecular complexity index is 792. The smallest absolute Gasteiger partial charge is 0.306 e. The average molecular weight is 350 g/mol. The van der Waals surface area contributed by atoms with E-state index in [0.717, 1.165) is 5.56 Å². The molecule has 0 aliphatic heterocycles. The van der Waals surface area contributed by atoms with Crippen molar-refractivity contribution in [1.82, 2.24) is 9.71 Å². The molecule has 1 aliphatic rings. The Hall–Kier alpha value is -2.19. The van der Waals surface area contributed by atoms with Gasteiger partial charge in [0.2, 0.25) is 10.0 Å². The van der Waals surface area contributed by atoms with Crippen LogP contribution in [0.25, 0.3) is 11.3 Å². The Balaban J connectivity index is 1.66. The van der Waals surface area contributed by atoms with Crippen molar-refractivity contribution >= 4 is 16.0 Å². The second-order valence-corrected chi connectivity index (χ2v) is 7.61. The van der Waals surface area contributed by atoms with E-state index >= 15 is 0 Å². The standard InChI is InChI=1S/C16H18N2O5S/c19-16(20)12-1-5-13(6-2-12)18-24(21,22)14-7-3-11(4-8-14)15-9-17-10-23-15/h3-4,7-10,12-13,18H,1-2,5-6H2,(H,19,20). The van der Waals surface area contributed by atoms with E-state index in [1.807, 2.05) is 0 Å². The van der Waals surface area contributed by atoms with Gasteiger partial charge in [0.15, 0.2) is 12.2 Å². The van der Waals surface area contributed by atoms with E-state index in [1.165, 1.54) is 18.5 Å². The predicted octanol–water partition coefficient (Wildman–Crippen LogP) is 2.26. The molecular formula is C16H18N2O5S. The molecule has 0 saturated heterocycles. The van der Waals surface area contributed by atoms with E-state index in [9.17, 15) is 13.2 Å². The zero-order chi connectivity index (χ0) is 17.2. The summed E-state index contributed by atoms with van der Waals surface area (Å²) < 4.78 is 32.7. The molecular weight excluding hydrogens is 332 g/mol. The van der Waals surface area contributed by atoms with E-state index < -0.39 is 16.0 Å². The molecule has 0 unspecified atom stereocenters. The van der Waals surface area contributed by atoms with Crippen LogP contribution in [0.4, 0.5) is 0 Å². The molecule has 128 valence electrons. The molecule has 1 aromatic heterocycles. The quantitative estimate of drug-likeness (QED) is 0.856. The summed E-state index contributed by atoms with van der Waals surface area (Å²) in [6.45, 7) is 0. The number of hydrogen-bond donors (Lipinski definition) is 2. The first-order chi connectivity index (χ1) is 11.5. The predicted molar refractivity (Wildman–Crippen MR) is 85.6 cm³/mol. The minimum Gasteiger partial charge on any atom is -0.481 e. The number of benzene rings is 1. The van der Waals surface area contributed by atoms with E-state index in [1.54, 1.807) is 18.3 Å². The third-order valence-corrected chi connectivity index (χ3v) is 5.82. The third-order valence-electron chi connectivity index (χ3n) is 4.28. The summed E-state index contributed by atoms with van der Waals surface area (Å²) in [5.74, 6) is -0.606. The van der Waals surface area contributed by atoms with Gasteiger partial charge in [-0.3, -0.25) is 4.79 Å². The van der Waals surface area contributed by atoms with Crippen LogP contribution in [0.15, 0.2) is 46.2 Å². The van der Waals surface area contributed by atoms with Gasteiger partial charge in [-0.25, -0.2) is 18.1 Å². The SMILES string of the molecule is O=C(O)C1CCC(NS(=O)(=O)c2ccc(-c3cnco3)cc2)CC1. The summed E-state index contributed by atoms with van der Waals surface area (Å²) in [6, 6.07) is 6.14. The van der Waals surface area contributed by atoms with Gasteiger partial charge >= 0.3 is 5.97 Å². The highest BCUT2D eigenvalue weighted by molar-refractivity contribution is 7.89. The molecule has 0 atom stereocenters. The summed E-state index contributed by atoms with van der Waals surface area (Å²) >= 11 is 0. The number of hydrogen-bond acceptors (Lipinski definition) is 5. The van der Waals surface area contributed by atoms with Gasteiger partial charge < -0.3 is 9.52 Å². The van der Waals surface area contributed by atoms with E-state index in [2.05, 4.69) is 9.71 Å². The number of carbonyl (C=O) groups is 1. The highest BCUT2D eigenvalue weighted by Crippen LogP contribution is 2.26. The number of aromatic nitrogens is 1. The first-order valence-corrected chi connectivity index (χ1v) is 9.18. The van der Waals surface area contributed by atoms with Crippen LogP contribution >= 0.6 is 0 Å². The van der Waals surface area contributed by atoms with Gasteiger partial charge in [0, 0.05) is 11.6 Å². The first-order valence-electron chi connectivity index (χ1n) is 7.70. The van der Waals surface area contributed by atoms with Crippen LogP contribution in [-0.2, 0) is 14.8 Å². The van der Waals surface area contributed by atoms with Gasteiger partial charge in [-0.1, -0.05) is 0 Å². The molecule has 2 N–H and O–H groups in total. The number of rotatable bonds is 5. The highest BCUT2D eigenvalue weighted by atomic mass is 32.2. The van der Waals surface area contributed by atoms with Crippen molar-refractivity contribution in [2.75, 3.05) is 0 Å². The minimum absolute atomic E-state index is 0.172. The molecule has 0 spiro atoms. The molecule has 2 aromatic rings. The van der Waals surface area contributed by atoms with Crippen LogP contribution in [0.1, 0.15) is 25.7 Å². The molecule has 8 heteroatoms. The van der Waals surface area contributed by atoms with Crippen molar-refractivity contribution in [3.8, 4) is 11.3 Å². The van der Waals surface area contributed by atoms with Gasteiger partial charge in [0.1, 0.15) is 0 Å². The fourth-order valence-electron chi connectivity index (χ4n) is 2.90. The van der Waals surface area contributed by atoms with E-state index in [-0.39, 0.29) is 16.9 Å². The van der Waals surface area contributed by atoms with Crippen LogP contribution in [0.5, 0.6) is 0 Å². The van der Waals surface area contributed by atoms with Crippen molar-refractivity contribution < 1.29 is 22.7 Å². The number of nitrogens with one attached hydrogen (secondary N) is 1. The van der Waals surface area contributed by atoms with Crippen LogP contribution < -0.4 is 4.72 Å². The molecule has 24 heavy (non-hydrogen) atoms. The number of aliphatic carboxylic acids is 1. The number of carboxylic acid groups (broad SMARTS) is 1. The maximum absolute atomic E-state index is 12.5. The number of carboxylic acids is 1. The fraction of sp³-hybridized carbons (Fsp3) is 0.375. The lowest BCUT2D eigenvalue weighted by Crippen LogP contribution is -2.38. The molecule has 1 aromatic carbocycles. The van der Waals surface area contributed by atoms with Gasteiger partial charge in [0.25, 0.3) is 0 Å². The zero-order valence-electron chi connectivity index (χ0n) is 12.9. The largest absolute Gasteiger partial charge is 0.481 e. The van der Waals surface area contributed by atoms with Crippen molar-refractivity contribution in [2.24, 2.45) is 5.92 Å². The maximum atomic E-state index is 12.5. The number of sulfonamides is 1. The lowest BCUT2D eigenvalue weighted by Gasteiger charge is -2.26. The number of oxazole rings is 1. The summed E-state index contributed by atoms with van der Waals surface area (Å²) in [7, 11) is -3.63. The molecule has 0 amide bonds. The van der Waals surface area contributed by atoms with Crippen LogP contribution in [0.2, 0.25) is 0 Å². The normalized spacial score (nSPS) is 21.5. The second kappa shape index (κ2) is 6.74. The van der Waals surface area contributed by atoms with E-state index in [4.69, 9.17) is 9.52 Å². The van der Waals surface area contributed by atoms with Crippen LogP contribution in [0, 0.1) is 5.92 Å². The molecule has 1 saturated carbocycles. The zero-order valence-corrected chi connectivity index (χ0v) is 13.7. The summed E-state index contributed by atoms with van der Waals surface area (Å²) in [4.78, 5) is 14.9. The van der Waals surface area contributed by atoms with Gasteiger partial charge in [0.05, 0.1) is 17.0 Å². The number of nitrogens with zero attached hydrogens (tertiary/aromatic N) is 1. The van der Waals surface area contributed by atoms with Crippen molar-refractivity contribution in [3.63, 3.8) is 0 Å². The molecule has 1 aliphatic carbocycles. The average Bonchev–Trinajstić information content (AvgIpc) is 3.09. The van der Waals surface area contributed by atoms with Gasteiger partial charge in [-0.15, -0.1) is 0 Å². The van der Waals surface area contributed by atoms with Gasteiger partial charge in [-0.05, 0) is 49.9 Å². The van der Waals surface area contributed by atoms with Crippen LogP contribution in [0.3, 0.4) is 0 Å². The molecule has 0 radical (unpaired) electrons. The second-order valence-electron chi connectivity index (χ2n) is 5.90. The van der Waals surface area contributed by atoms with Crippen molar-refractivity contribution in [1.29, 1.82) is 0 Å².